The minimum Gasteiger partial charge on any atom is -0.385 e. The van der Waals surface area contributed by atoms with E-state index in [1.165, 1.54) is 17.7 Å². The van der Waals surface area contributed by atoms with Crippen LogP contribution in [0, 0.1) is 5.92 Å². The molecule has 3 amide bonds. The molecule has 0 aromatic rings. The van der Waals surface area contributed by atoms with Crippen molar-refractivity contribution in [1.29, 1.82) is 0 Å². The Morgan fingerprint density at radius 2 is 2.00 bits per heavy atom. The van der Waals surface area contributed by atoms with Gasteiger partial charge in [-0.3, -0.25) is 9.69 Å². The van der Waals surface area contributed by atoms with Gasteiger partial charge in [0.15, 0.2) is 0 Å². The number of piperidine rings is 1. The number of aliphatic hydroxyl groups is 1. The van der Waals surface area contributed by atoms with Gasteiger partial charge in [0.25, 0.3) is 5.91 Å². The van der Waals surface area contributed by atoms with E-state index in [-0.39, 0.29) is 12.5 Å². The van der Waals surface area contributed by atoms with E-state index in [0.29, 0.717) is 6.54 Å². The molecule has 2 rings (SSSR count). The zero-order valence-corrected chi connectivity index (χ0v) is 12.6. The Labute approximate surface area is 120 Å². The smallest absolute Gasteiger partial charge is 0.325 e. The van der Waals surface area contributed by atoms with E-state index in [2.05, 4.69) is 12.2 Å². The van der Waals surface area contributed by atoms with Crippen LogP contribution in [0.4, 0.5) is 4.79 Å². The largest absolute Gasteiger partial charge is 0.385 e. The maximum atomic E-state index is 12.0. The Hall–Kier alpha value is -1.14. The highest BCUT2D eigenvalue weighted by atomic mass is 16.3. The lowest BCUT2D eigenvalue weighted by atomic mass is 9.99. The summed E-state index contributed by atoms with van der Waals surface area (Å²) in [4.78, 5) is 26.3. The summed E-state index contributed by atoms with van der Waals surface area (Å²) in [6.45, 7) is 8.42. The number of carbonyl (C=O) groups excluding carboxylic acids is 2. The first kappa shape index (κ1) is 15.3. The van der Waals surface area contributed by atoms with Crippen LogP contribution in [0.5, 0.6) is 0 Å². The van der Waals surface area contributed by atoms with E-state index < -0.39 is 17.7 Å². The van der Waals surface area contributed by atoms with Crippen molar-refractivity contribution in [2.75, 3.05) is 26.2 Å². The van der Waals surface area contributed by atoms with Gasteiger partial charge in [-0.2, -0.15) is 0 Å². The van der Waals surface area contributed by atoms with Crippen molar-refractivity contribution >= 4 is 11.9 Å². The highest BCUT2D eigenvalue weighted by Crippen LogP contribution is 2.16. The van der Waals surface area contributed by atoms with Crippen molar-refractivity contribution in [3.05, 3.63) is 0 Å². The molecular formula is C14H26N3O3+. The van der Waals surface area contributed by atoms with Gasteiger partial charge in [0, 0.05) is 0 Å². The van der Waals surface area contributed by atoms with Gasteiger partial charge in [-0.25, -0.2) is 4.79 Å². The lowest BCUT2D eigenvalue weighted by Crippen LogP contribution is -3.14. The van der Waals surface area contributed by atoms with E-state index in [1.807, 2.05) is 0 Å². The summed E-state index contributed by atoms with van der Waals surface area (Å²) < 4.78 is 0. The molecule has 0 aromatic heterocycles. The van der Waals surface area contributed by atoms with Gasteiger partial charge in [0.1, 0.15) is 18.2 Å². The van der Waals surface area contributed by atoms with Gasteiger partial charge >= 0.3 is 6.03 Å². The van der Waals surface area contributed by atoms with Gasteiger partial charge in [0.05, 0.1) is 19.6 Å². The number of nitrogens with one attached hydrogen (secondary N) is 2. The van der Waals surface area contributed by atoms with Crippen LogP contribution >= 0.6 is 0 Å². The number of hydrogen-bond donors (Lipinski definition) is 3. The van der Waals surface area contributed by atoms with Crippen LogP contribution in [0.15, 0.2) is 0 Å². The molecule has 20 heavy (non-hydrogen) atoms. The van der Waals surface area contributed by atoms with Crippen molar-refractivity contribution in [1.82, 2.24) is 10.2 Å². The van der Waals surface area contributed by atoms with Crippen molar-refractivity contribution < 1.29 is 19.6 Å². The van der Waals surface area contributed by atoms with Crippen LogP contribution in [-0.2, 0) is 4.79 Å². The zero-order chi connectivity index (χ0) is 14.9. The molecule has 2 fully saturated rings. The third-order valence-electron chi connectivity index (χ3n) is 4.34. The van der Waals surface area contributed by atoms with Gasteiger partial charge < -0.3 is 15.3 Å². The van der Waals surface area contributed by atoms with Crippen molar-refractivity contribution in [2.45, 2.75) is 45.3 Å². The normalized spacial score (nSPS) is 31.3. The number of rotatable bonds is 4. The molecular weight excluding hydrogens is 258 g/mol. The summed E-state index contributed by atoms with van der Waals surface area (Å²) in [5.41, 5.74) is -0.857. The number of nitrogens with zero attached hydrogens (tertiary/aromatic N) is 1. The number of hydrogen-bond acceptors (Lipinski definition) is 3. The summed E-state index contributed by atoms with van der Waals surface area (Å²) in [6, 6.07) is -0.402. The lowest BCUT2D eigenvalue weighted by molar-refractivity contribution is -0.909. The number of β-amino-alcohol motifs (C(OH)–C–C–N with tert-alkyl or cyclic N) is 1. The zero-order valence-electron chi connectivity index (χ0n) is 12.6. The quantitative estimate of drug-likeness (QED) is 0.579. The molecule has 0 unspecified atom stereocenters. The average molecular weight is 284 g/mol. The molecule has 3 N–H and O–H groups in total. The second-order valence-electron chi connectivity index (χ2n) is 6.76. The molecule has 0 aromatic carbocycles. The van der Waals surface area contributed by atoms with E-state index in [9.17, 15) is 14.7 Å². The van der Waals surface area contributed by atoms with Crippen LogP contribution in [0.3, 0.4) is 0 Å². The van der Waals surface area contributed by atoms with Gasteiger partial charge in [0.2, 0.25) is 0 Å². The summed E-state index contributed by atoms with van der Waals surface area (Å²) >= 11 is 0. The number of urea groups is 1. The first-order valence-electron chi connectivity index (χ1n) is 7.45. The minimum atomic E-state index is -0.857. The molecule has 0 saturated carbocycles. The average Bonchev–Trinajstić information content (AvgIpc) is 2.55. The van der Waals surface area contributed by atoms with Crippen LogP contribution in [-0.4, -0.2) is 59.8 Å². The fourth-order valence-corrected chi connectivity index (χ4v) is 2.97. The maximum Gasteiger partial charge on any atom is 0.325 e. The fourth-order valence-electron chi connectivity index (χ4n) is 2.97. The van der Waals surface area contributed by atoms with E-state index >= 15 is 0 Å². The lowest BCUT2D eigenvalue weighted by Gasteiger charge is -2.29. The molecule has 114 valence electrons. The number of imide groups is 1. The second-order valence-corrected chi connectivity index (χ2v) is 6.76. The molecule has 6 heteroatoms. The molecule has 2 aliphatic rings. The maximum absolute atomic E-state index is 12.0. The summed E-state index contributed by atoms with van der Waals surface area (Å²) in [5.74, 6) is 0.506. The predicted octanol–water partition coefficient (Wildman–Crippen LogP) is -1.01. The molecule has 0 spiro atoms. The number of carbonyl (C=O) groups is 2. The summed E-state index contributed by atoms with van der Waals surface area (Å²) in [7, 11) is 0. The Balaban J connectivity index is 1.84. The standard InChI is InChI=1S/C14H25N3O3/c1-10-4-6-16(7-5-10)8-11(18)9-17-12(19)14(2,3)15-13(17)20/h10-11,18H,4-9H2,1-3H3,(H,15,20)/p+1/t11-/m0/s1. The van der Waals surface area contributed by atoms with Gasteiger partial charge in [-0.15, -0.1) is 0 Å². The molecule has 2 heterocycles. The minimum absolute atomic E-state index is 0.0904. The third kappa shape index (κ3) is 3.30. The monoisotopic (exact) mass is 284 g/mol. The Bertz CT molecular complexity index is 389. The van der Waals surface area contributed by atoms with E-state index in [0.717, 1.165) is 23.9 Å². The molecule has 1 atom stereocenters. The van der Waals surface area contributed by atoms with E-state index in [1.54, 1.807) is 13.8 Å². The number of aliphatic hydroxyl groups excluding tert-OH is 1. The molecule has 2 saturated heterocycles. The Morgan fingerprint density at radius 3 is 2.50 bits per heavy atom. The first-order valence-corrected chi connectivity index (χ1v) is 7.45. The Morgan fingerprint density at radius 1 is 1.40 bits per heavy atom. The molecule has 0 radical (unpaired) electrons. The SMILES string of the molecule is CC1CC[NH+](C[C@H](O)CN2C(=O)NC(C)(C)C2=O)CC1. The Kier molecular flexibility index (Phi) is 4.34. The highest BCUT2D eigenvalue weighted by molar-refractivity contribution is 6.06. The van der Waals surface area contributed by atoms with Crippen LogP contribution in [0.1, 0.15) is 33.6 Å². The summed E-state index contributed by atoms with van der Waals surface area (Å²) in [5, 5.41) is 12.8. The van der Waals surface area contributed by atoms with E-state index in [4.69, 9.17) is 0 Å². The van der Waals surface area contributed by atoms with Crippen molar-refractivity contribution in [2.24, 2.45) is 5.92 Å². The predicted molar refractivity (Wildman–Crippen MR) is 74.3 cm³/mol. The first-order chi connectivity index (χ1) is 9.29. The fraction of sp³-hybridized carbons (Fsp3) is 0.857. The topological polar surface area (TPSA) is 74.1 Å². The van der Waals surface area contributed by atoms with Crippen molar-refractivity contribution in [3.8, 4) is 0 Å². The second kappa shape index (κ2) is 5.69. The molecule has 2 aliphatic heterocycles. The van der Waals surface area contributed by atoms with Crippen LogP contribution in [0.25, 0.3) is 0 Å². The number of likely N-dealkylation sites (tertiary alicyclic amines) is 1. The van der Waals surface area contributed by atoms with Gasteiger partial charge in [-0.05, 0) is 32.6 Å². The number of quaternary nitrogens is 1. The highest BCUT2D eigenvalue weighted by Gasteiger charge is 2.45. The molecule has 6 nitrogen and oxygen atoms in total. The number of amides is 3. The third-order valence-corrected chi connectivity index (χ3v) is 4.34. The summed E-state index contributed by atoms with van der Waals surface area (Å²) in [6.07, 6.45) is 1.71. The van der Waals surface area contributed by atoms with Crippen molar-refractivity contribution in [3.63, 3.8) is 0 Å². The molecule has 0 bridgehead atoms. The van der Waals surface area contributed by atoms with Crippen LogP contribution in [0.2, 0.25) is 0 Å². The molecule has 0 aliphatic carbocycles. The van der Waals surface area contributed by atoms with Gasteiger partial charge in [-0.1, -0.05) is 6.92 Å². The van der Waals surface area contributed by atoms with Crippen LogP contribution < -0.4 is 10.2 Å².